The van der Waals surface area contributed by atoms with Crippen molar-refractivity contribution in [2.75, 3.05) is 0 Å². The van der Waals surface area contributed by atoms with Crippen LogP contribution >= 0.6 is 0 Å². The first-order valence-electron chi connectivity index (χ1n) is 13.8. The van der Waals surface area contributed by atoms with Gasteiger partial charge in [0, 0.05) is 23.2 Å². The first-order valence-corrected chi connectivity index (χ1v) is 13.8. The van der Waals surface area contributed by atoms with Crippen LogP contribution in [-0.4, -0.2) is 44.4 Å². The molecular formula is C31H46O6. The van der Waals surface area contributed by atoms with Crippen molar-refractivity contribution < 1.29 is 29.7 Å². The fourth-order valence-electron chi connectivity index (χ4n) is 9.26. The summed E-state index contributed by atoms with van der Waals surface area (Å²) in [6.07, 6.45) is 5.80. The lowest BCUT2D eigenvalue weighted by molar-refractivity contribution is -0.193. The number of aliphatic hydroxyl groups excluding tert-OH is 2. The predicted molar refractivity (Wildman–Crippen MR) is 141 cm³/mol. The van der Waals surface area contributed by atoms with Crippen molar-refractivity contribution >= 4 is 17.3 Å². The molecule has 3 N–H and O–H groups in total. The number of allylic oxidation sites excluding steroid dienone is 3. The molecule has 0 aromatic heterocycles. The minimum Gasteiger partial charge on any atom is -0.505 e. The Morgan fingerprint density at radius 1 is 1.03 bits per heavy atom. The molecule has 6 nitrogen and oxygen atoms in total. The summed E-state index contributed by atoms with van der Waals surface area (Å²) in [6.45, 7) is 17.2. The van der Waals surface area contributed by atoms with Gasteiger partial charge in [0.25, 0.3) is 0 Å². The molecule has 0 saturated heterocycles. The molecule has 4 aliphatic carbocycles. The first kappa shape index (κ1) is 28.2. The summed E-state index contributed by atoms with van der Waals surface area (Å²) in [5, 5.41) is 33.7. The third-order valence-corrected chi connectivity index (χ3v) is 11.4. The second-order valence-corrected chi connectivity index (χ2v) is 15.0. The van der Waals surface area contributed by atoms with E-state index in [4.69, 9.17) is 0 Å². The van der Waals surface area contributed by atoms with Gasteiger partial charge in [-0.2, -0.15) is 0 Å². The summed E-state index contributed by atoms with van der Waals surface area (Å²) >= 11 is 0. The quantitative estimate of drug-likeness (QED) is 0.458. The number of Topliss-reactive ketones (excluding diaryl/α,β-unsaturated/α-hetero) is 2. The van der Waals surface area contributed by atoms with E-state index in [1.54, 1.807) is 12.2 Å². The first-order chi connectivity index (χ1) is 16.7. The van der Waals surface area contributed by atoms with Crippen LogP contribution in [0.2, 0.25) is 0 Å². The molecule has 37 heavy (non-hydrogen) atoms. The van der Waals surface area contributed by atoms with Crippen LogP contribution in [0.15, 0.2) is 24.0 Å². The molecule has 0 aromatic carbocycles. The predicted octanol–water partition coefficient (Wildman–Crippen LogP) is 4.97. The average molecular weight is 515 g/mol. The van der Waals surface area contributed by atoms with E-state index in [1.165, 1.54) is 13.0 Å². The van der Waals surface area contributed by atoms with Crippen molar-refractivity contribution in [1.82, 2.24) is 0 Å². The van der Waals surface area contributed by atoms with Crippen LogP contribution in [0.25, 0.3) is 0 Å². The van der Waals surface area contributed by atoms with Gasteiger partial charge in [0.1, 0.15) is 11.4 Å². The Hall–Kier alpha value is -1.79. The normalized spacial score (nSPS) is 45.1. The molecule has 0 amide bonds. The highest BCUT2D eigenvalue weighted by Gasteiger charge is 2.75. The molecule has 0 bridgehead atoms. The number of fused-ring (bicyclic) bond motifs is 5. The summed E-state index contributed by atoms with van der Waals surface area (Å²) in [4.78, 5) is 40.4. The largest absolute Gasteiger partial charge is 0.505 e. The number of ketones is 3. The monoisotopic (exact) mass is 514 g/mol. The molecule has 0 radical (unpaired) electrons. The fourth-order valence-corrected chi connectivity index (χ4v) is 9.26. The zero-order valence-electron chi connectivity index (χ0n) is 24.0. The van der Waals surface area contributed by atoms with Gasteiger partial charge in [-0.25, -0.2) is 0 Å². The van der Waals surface area contributed by atoms with Gasteiger partial charge in [0.2, 0.25) is 5.78 Å². The Morgan fingerprint density at radius 3 is 2.19 bits per heavy atom. The maximum absolute atomic E-state index is 14.2. The topological polar surface area (TPSA) is 112 Å². The van der Waals surface area contributed by atoms with E-state index in [0.717, 1.165) is 6.42 Å². The van der Waals surface area contributed by atoms with Crippen LogP contribution in [-0.2, 0) is 14.4 Å². The number of hydrogen-bond acceptors (Lipinski definition) is 6. The van der Waals surface area contributed by atoms with E-state index < -0.39 is 45.1 Å². The minimum absolute atomic E-state index is 0.0222. The molecule has 0 heterocycles. The highest BCUT2D eigenvalue weighted by atomic mass is 16.3. The van der Waals surface area contributed by atoms with Gasteiger partial charge in [-0.05, 0) is 72.3 Å². The highest BCUT2D eigenvalue weighted by Crippen LogP contribution is 2.74. The average Bonchev–Trinajstić information content (AvgIpc) is 2.96. The van der Waals surface area contributed by atoms with E-state index in [0.29, 0.717) is 12.8 Å². The molecule has 3 fully saturated rings. The highest BCUT2D eigenvalue weighted by molar-refractivity contribution is 5.99. The number of carbonyl (C=O) groups is 3. The van der Waals surface area contributed by atoms with E-state index >= 15 is 0 Å². The van der Waals surface area contributed by atoms with Crippen LogP contribution in [0.3, 0.4) is 0 Å². The van der Waals surface area contributed by atoms with E-state index in [-0.39, 0.29) is 46.9 Å². The molecule has 206 valence electrons. The number of carbonyl (C=O) groups excluding carboxylic acids is 3. The Kier molecular flexibility index (Phi) is 6.19. The summed E-state index contributed by atoms with van der Waals surface area (Å²) in [7, 11) is 0. The standard InChI is InChI=1S/C31H46O6/c1-26(2,3)13-12-22(34)31(9,37)24-20(33)15-28(6)21-11-10-17-18(14-19(32)25(36)27(17,4)5)30(21,8)23(35)16-29(24,28)7/h12-14,17-18,20-21,24,32-33,37H,10-11,15-16H2,1-9H3/b13-12+/t17?,18-,20?,21+,24+,28+,29-,30+,31+/m1/s1. The summed E-state index contributed by atoms with van der Waals surface area (Å²) < 4.78 is 0. The lowest BCUT2D eigenvalue weighted by Gasteiger charge is -2.65. The molecule has 9 atom stereocenters. The zero-order chi connectivity index (χ0) is 28.1. The summed E-state index contributed by atoms with van der Waals surface area (Å²) in [5.41, 5.74) is -5.00. The molecule has 4 aliphatic rings. The van der Waals surface area contributed by atoms with Crippen molar-refractivity contribution in [1.29, 1.82) is 0 Å². The van der Waals surface area contributed by atoms with Crippen LogP contribution < -0.4 is 0 Å². The van der Waals surface area contributed by atoms with Crippen LogP contribution in [0.1, 0.15) is 88.0 Å². The lowest BCUT2D eigenvalue weighted by Crippen LogP contribution is -2.66. The molecule has 0 aromatic rings. The summed E-state index contributed by atoms with van der Waals surface area (Å²) in [5.74, 6) is -2.26. The second kappa shape index (κ2) is 8.11. The van der Waals surface area contributed by atoms with Crippen molar-refractivity contribution in [3.05, 3.63) is 24.0 Å². The Bertz CT molecular complexity index is 1090. The smallest absolute Gasteiger partial charge is 0.202 e. The maximum atomic E-state index is 14.2. The van der Waals surface area contributed by atoms with Crippen LogP contribution in [0, 0.1) is 50.7 Å². The van der Waals surface area contributed by atoms with Gasteiger partial charge in [0.15, 0.2) is 11.5 Å². The molecule has 0 spiro atoms. The molecule has 4 rings (SSSR count). The minimum atomic E-state index is -1.84. The van der Waals surface area contributed by atoms with Gasteiger partial charge in [-0.1, -0.05) is 61.5 Å². The Balaban J connectivity index is 1.79. The number of rotatable bonds is 3. The Labute approximate surface area is 221 Å². The summed E-state index contributed by atoms with van der Waals surface area (Å²) in [6, 6.07) is 0. The van der Waals surface area contributed by atoms with E-state index in [9.17, 15) is 29.7 Å². The third kappa shape index (κ3) is 3.68. The van der Waals surface area contributed by atoms with Crippen LogP contribution in [0.4, 0.5) is 0 Å². The van der Waals surface area contributed by atoms with Gasteiger partial charge in [-0.3, -0.25) is 14.4 Å². The maximum Gasteiger partial charge on any atom is 0.202 e. The number of hydrogen-bond donors (Lipinski definition) is 3. The third-order valence-electron chi connectivity index (χ3n) is 11.4. The molecule has 2 unspecified atom stereocenters. The lowest BCUT2D eigenvalue weighted by atomic mass is 9.37. The fraction of sp³-hybridized carbons (Fsp3) is 0.774. The molecule has 0 aliphatic heterocycles. The molecular weight excluding hydrogens is 468 g/mol. The SMILES string of the molecule is CC(C)(C)/C=C/C(=O)[C@](C)(O)[C@H]1C(O)C[C@@]2(C)[C@@H]3CCC4[C@@H](C=C(O)C(=O)C4(C)C)[C@]3(C)C(=O)C[C@]12C. The van der Waals surface area contributed by atoms with Crippen molar-refractivity contribution in [2.24, 2.45) is 50.7 Å². The number of aliphatic hydroxyl groups is 3. The molecule has 3 saturated carbocycles. The van der Waals surface area contributed by atoms with Gasteiger partial charge >= 0.3 is 0 Å². The van der Waals surface area contributed by atoms with Crippen LogP contribution in [0.5, 0.6) is 0 Å². The van der Waals surface area contributed by atoms with Crippen molar-refractivity contribution in [3.8, 4) is 0 Å². The van der Waals surface area contributed by atoms with E-state index in [1.807, 2.05) is 48.5 Å². The molecule has 6 heteroatoms. The van der Waals surface area contributed by atoms with E-state index in [2.05, 4.69) is 6.92 Å². The van der Waals surface area contributed by atoms with Crippen molar-refractivity contribution in [3.63, 3.8) is 0 Å². The van der Waals surface area contributed by atoms with Crippen molar-refractivity contribution in [2.45, 2.75) is 99.7 Å². The van der Waals surface area contributed by atoms with Gasteiger partial charge < -0.3 is 15.3 Å². The Morgan fingerprint density at radius 2 is 1.62 bits per heavy atom. The zero-order valence-corrected chi connectivity index (χ0v) is 24.0. The second-order valence-electron chi connectivity index (χ2n) is 15.0. The van der Waals surface area contributed by atoms with Gasteiger partial charge in [0.05, 0.1) is 6.10 Å². The van der Waals surface area contributed by atoms with Gasteiger partial charge in [-0.15, -0.1) is 0 Å².